The molecule has 0 saturated carbocycles. The second kappa shape index (κ2) is 53.1. The van der Waals surface area contributed by atoms with Gasteiger partial charge in [0.05, 0.1) is 33.8 Å². The van der Waals surface area contributed by atoms with Crippen LogP contribution in [0.15, 0.2) is 60.8 Å². The third-order valence-corrected chi connectivity index (χ3v) is 14.4. The average molecular weight is 1050 g/mol. The van der Waals surface area contributed by atoms with Crippen LogP contribution in [0.2, 0.25) is 0 Å². The number of hydrogen-bond donors (Lipinski definition) is 1. The molecule has 1 amide bonds. The molecule has 0 aliphatic heterocycles. The normalized spacial score (nSPS) is 14.1. The van der Waals surface area contributed by atoms with Crippen LogP contribution in [-0.2, 0) is 27.9 Å². The summed E-state index contributed by atoms with van der Waals surface area (Å²) in [5.41, 5.74) is 0. The molecule has 0 aromatic heterocycles. The molecular weight excluding hydrogens is 928 g/mol. The molecule has 0 aliphatic rings. The minimum absolute atomic E-state index is 0.0270. The Balaban J connectivity index is 5.27. The van der Waals surface area contributed by atoms with Crippen molar-refractivity contribution in [2.75, 3.05) is 40.9 Å². The lowest BCUT2D eigenvalue weighted by atomic mass is 10.0. The van der Waals surface area contributed by atoms with Gasteiger partial charge in [0.25, 0.3) is 7.82 Å². The number of hydrogen-bond acceptors (Lipinski definition) is 7. The summed E-state index contributed by atoms with van der Waals surface area (Å²) in [5, 5.41) is 3.02. The molecule has 3 unspecified atom stereocenters. The molecule has 10 heteroatoms. The van der Waals surface area contributed by atoms with Crippen molar-refractivity contribution in [2.45, 2.75) is 290 Å². The van der Waals surface area contributed by atoms with Gasteiger partial charge in [-0.15, -0.1) is 0 Å². The summed E-state index contributed by atoms with van der Waals surface area (Å²) in [6.07, 6.45) is 66.1. The minimum atomic E-state index is -4.70. The number of phosphoric ester groups is 1. The number of quaternary nitrogens is 1. The summed E-state index contributed by atoms with van der Waals surface area (Å²) < 4.78 is 30.3. The third-order valence-electron chi connectivity index (χ3n) is 13.4. The van der Waals surface area contributed by atoms with Gasteiger partial charge < -0.3 is 28.5 Å². The van der Waals surface area contributed by atoms with E-state index in [4.69, 9.17) is 13.8 Å². The molecule has 0 aromatic rings. The lowest BCUT2D eigenvalue weighted by molar-refractivity contribution is -0.870. The second-order valence-corrected chi connectivity index (χ2v) is 23.3. The van der Waals surface area contributed by atoms with E-state index in [2.05, 4.69) is 74.7 Å². The van der Waals surface area contributed by atoms with E-state index in [1.54, 1.807) is 0 Å². The second-order valence-electron chi connectivity index (χ2n) is 21.8. The molecule has 73 heavy (non-hydrogen) atoms. The van der Waals surface area contributed by atoms with Crippen LogP contribution in [0.5, 0.6) is 0 Å². The summed E-state index contributed by atoms with van der Waals surface area (Å²) in [6, 6.07) is -0.898. The fourth-order valence-corrected chi connectivity index (χ4v) is 9.36. The van der Waals surface area contributed by atoms with Crippen LogP contribution < -0.4 is 10.2 Å². The average Bonchev–Trinajstić information content (AvgIpc) is 3.35. The van der Waals surface area contributed by atoms with Crippen molar-refractivity contribution < 1.29 is 37.3 Å². The van der Waals surface area contributed by atoms with Crippen LogP contribution in [0.3, 0.4) is 0 Å². The van der Waals surface area contributed by atoms with Crippen LogP contribution in [0.25, 0.3) is 0 Å². The number of nitrogens with one attached hydrogen (secondary N) is 1. The van der Waals surface area contributed by atoms with Crippen LogP contribution in [-0.4, -0.2) is 69.4 Å². The van der Waals surface area contributed by atoms with E-state index in [1.807, 2.05) is 33.3 Å². The zero-order valence-corrected chi connectivity index (χ0v) is 49.5. The number of allylic oxidation sites excluding steroid dienone is 9. The largest absolute Gasteiger partial charge is 0.756 e. The van der Waals surface area contributed by atoms with E-state index in [0.717, 1.165) is 89.9 Å². The zero-order chi connectivity index (χ0) is 53.6. The molecule has 0 bridgehead atoms. The highest BCUT2D eigenvalue weighted by Gasteiger charge is 2.27. The van der Waals surface area contributed by atoms with Crippen molar-refractivity contribution in [3.8, 4) is 0 Å². The Kier molecular flexibility index (Phi) is 51.5. The van der Waals surface area contributed by atoms with Gasteiger partial charge in [0.15, 0.2) is 0 Å². The number of nitrogens with zero attached hydrogens (tertiary/aromatic N) is 1. The Bertz CT molecular complexity index is 1440. The number of amides is 1. The van der Waals surface area contributed by atoms with Crippen molar-refractivity contribution in [3.63, 3.8) is 0 Å². The van der Waals surface area contributed by atoms with E-state index in [1.165, 1.54) is 148 Å². The molecular formula is C63H117N2O7P. The quantitative estimate of drug-likeness (QED) is 0.0212. The van der Waals surface area contributed by atoms with Crippen LogP contribution >= 0.6 is 7.82 Å². The smallest absolute Gasteiger partial charge is 0.306 e. The Hall–Kier alpha value is -2.29. The first-order valence-corrected chi connectivity index (χ1v) is 32.1. The molecule has 9 nitrogen and oxygen atoms in total. The SMILES string of the molecule is CCCCC/C=C\C/C=C\C/C=C\CCCCCCCCCCC(=O)NC(COP(=O)([O-])OCC[N+](C)(C)C)C(/C=C\CCCCCCCCCCCC)OC(=O)CCCCC/C=C\CCCCCCCCC. The Morgan fingerprint density at radius 2 is 0.836 bits per heavy atom. The molecule has 0 heterocycles. The van der Waals surface area contributed by atoms with Gasteiger partial charge in [-0.2, -0.15) is 0 Å². The minimum Gasteiger partial charge on any atom is -0.756 e. The number of carbonyl (C=O) groups is 2. The summed E-state index contributed by atoms with van der Waals surface area (Å²) in [4.78, 5) is 39.9. The molecule has 0 rings (SSSR count). The van der Waals surface area contributed by atoms with Crippen molar-refractivity contribution in [1.82, 2.24) is 5.32 Å². The van der Waals surface area contributed by atoms with E-state index in [9.17, 15) is 19.0 Å². The van der Waals surface area contributed by atoms with Gasteiger partial charge in [0.1, 0.15) is 19.3 Å². The maximum absolute atomic E-state index is 13.5. The Labute approximate surface area is 451 Å². The maximum atomic E-state index is 13.5. The molecule has 0 fully saturated rings. The highest BCUT2D eigenvalue weighted by atomic mass is 31.2. The van der Waals surface area contributed by atoms with Crippen molar-refractivity contribution in [1.29, 1.82) is 0 Å². The third kappa shape index (κ3) is 54.3. The summed E-state index contributed by atoms with van der Waals surface area (Å²) in [5.74, 6) is -0.564. The van der Waals surface area contributed by atoms with Gasteiger partial charge in [-0.05, 0) is 96.0 Å². The summed E-state index contributed by atoms with van der Waals surface area (Å²) in [7, 11) is 1.17. The summed E-state index contributed by atoms with van der Waals surface area (Å²) >= 11 is 0. The number of ether oxygens (including phenoxy) is 1. The molecule has 0 saturated heterocycles. The highest BCUT2D eigenvalue weighted by molar-refractivity contribution is 7.45. The van der Waals surface area contributed by atoms with E-state index in [0.29, 0.717) is 23.9 Å². The molecule has 1 N–H and O–H groups in total. The lowest BCUT2D eigenvalue weighted by Crippen LogP contribution is -2.47. The van der Waals surface area contributed by atoms with Gasteiger partial charge in [0, 0.05) is 12.8 Å². The van der Waals surface area contributed by atoms with Gasteiger partial charge >= 0.3 is 5.97 Å². The highest BCUT2D eigenvalue weighted by Crippen LogP contribution is 2.38. The maximum Gasteiger partial charge on any atom is 0.306 e. The van der Waals surface area contributed by atoms with E-state index in [-0.39, 0.29) is 24.9 Å². The summed E-state index contributed by atoms with van der Waals surface area (Å²) in [6.45, 7) is 6.80. The number of likely N-dealkylation sites (N-methyl/N-ethyl adjacent to an activating group) is 1. The lowest BCUT2D eigenvalue weighted by Gasteiger charge is -2.30. The number of esters is 1. The van der Waals surface area contributed by atoms with Crippen molar-refractivity contribution >= 4 is 19.7 Å². The first kappa shape index (κ1) is 70.7. The van der Waals surface area contributed by atoms with Gasteiger partial charge in [-0.25, -0.2) is 0 Å². The van der Waals surface area contributed by atoms with Crippen LogP contribution in [0.4, 0.5) is 0 Å². The molecule has 426 valence electrons. The number of rotatable bonds is 55. The topological polar surface area (TPSA) is 114 Å². The Morgan fingerprint density at radius 3 is 1.30 bits per heavy atom. The molecule has 0 radical (unpaired) electrons. The molecule has 0 spiro atoms. The molecule has 0 aromatic carbocycles. The predicted octanol–water partition coefficient (Wildman–Crippen LogP) is 18.0. The van der Waals surface area contributed by atoms with Crippen LogP contribution in [0.1, 0.15) is 278 Å². The first-order chi connectivity index (χ1) is 35.4. The van der Waals surface area contributed by atoms with E-state index >= 15 is 0 Å². The van der Waals surface area contributed by atoms with Crippen molar-refractivity contribution in [3.05, 3.63) is 60.8 Å². The first-order valence-electron chi connectivity index (χ1n) is 30.6. The fourth-order valence-electron chi connectivity index (χ4n) is 8.64. The van der Waals surface area contributed by atoms with Gasteiger partial charge in [0.2, 0.25) is 5.91 Å². The van der Waals surface area contributed by atoms with Gasteiger partial charge in [-0.3, -0.25) is 14.2 Å². The van der Waals surface area contributed by atoms with Gasteiger partial charge in [-0.1, -0.05) is 230 Å². The zero-order valence-electron chi connectivity index (χ0n) is 48.6. The number of carbonyl (C=O) groups excluding carboxylic acids is 2. The number of unbranched alkanes of at least 4 members (excludes halogenated alkanes) is 31. The monoisotopic (exact) mass is 1040 g/mol. The number of phosphoric acid groups is 1. The molecule has 3 atom stereocenters. The molecule has 0 aliphatic carbocycles. The Morgan fingerprint density at radius 1 is 0.479 bits per heavy atom. The fraction of sp³-hybridized carbons (Fsp3) is 0.810. The standard InChI is InChI=1S/C63H117N2O7P/c1-7-10-13-16-19-22-25-28-30-31-32-33-34-35-36-37-40-43-46-49-52-55-62(66)64-60(59-71-73(68,69)70-58-57-65(4,5)6)61(54-51-48-45-42-39-27-24-21-18-15-12-9-3)72-63(67)56-53-50-47-44-41-38-29-26-23-20-17-14-11-8-2/h19,22,28,30,32-33,38,41,51,54,60-61H,7-18,20-21,23-27,29,31,34-37,39-40,42-50,52-53,55-59H2,1-6H3,(H-,64,66,68,69)/b22-19-,30-28-,33-32-,41-38-,54-51-. The van der Waals surface area contributed by atoms with Crippen LogP contribution in [0, 0.1) is 0 Å². The van der Waals surface area contributed by atoms with E-state index < -0.39 is 26.6 Å². The van der Waals surface area contributed by atoms with Crippen molar-refractivity contribution in [2.24, 2.45) is 0 Å². The predicted molar refractivity (Wildman–Crippen MR) is 312 cm³/mol.